The van der Waals surface area contributed by atoms with Crippen LogP contribution in [0.1, 0.15) is 60.8 Å². The largest absolute Gasteiger partial charge is 0.480 e. The van der Waals surface area contributed by atoms with E-state index in [0.717, 1.165) is 51.9 Å². The molecule has 3 aromatic rings. The highest BCUT2D eigenvalue weighted by molar-refractivity contribution is 6.00. The van der Waals surface area contributed by atoms with Crippen LogP contribution in [0.15, 0.2) is 78.9 Å². The van der Waals surface area contributed by atoms with E-state index in [-0.39, 0.29) is 6.54 Å². The van der Waals surface area contributed by atoms with Gasteiger partial charge in [0.25, 0.3) is 0 Å². The average molecular weight is 507 g/mol. The molecule has 0 amide bonds. The number of carbonyl (C=O) groups is 1. The number of piperidine rings is 2. The molecular weight excluding hydrogens is 468 g/mol. The Kier molecular flexibility index (Phi) is 7.08. The van der Waals surface area contributed by atoms with Gasteiger partial charge in [0.2, 0.25) is 0 Å². The Hall–Kier alpha value is -3.37. The third-order valence-corrected chi connectivity index (χ3v) is 9.04. The summed E-state index contributed by atoms with van der Waals surface area (Å²) in [5.74, 6) is -0.715. The fraction of sp³-hybridized carbons (Fsp3) is 0.382. The number of aryl methyl sites for hydroxylation is 1. The van der Waals surface area contributed by atoms with Gasteiger partial charge < -0.3 is 10.0 Å². The van der Waals surface area contributed by atoms with Crippen molar-refractivity contribution in [2.45, 2.75) is 44.9 Å². The third-order valence-electron chi connectivity index (χ3n) is 9.04. The van der Waals surface area contributed by atoms with Crippen LogP contribution in [-0.2, 0) is 11.2 Å². The van der Waals surface area contributed by atoms with Gasteiger partial charge in [-0.1, -0.05) is 66.7 Å². The van der Waals surface area contributed by atoms with Crippen molar-refractivity contribution < 1.29 is 9.90 Å². The highest BCUT2D eigenvalue weighted by Crippen LogP contribution is 2.43. The molecule has 4 nitrogen and oxygen atoms in total. The van der Waals surface area contributed by atoms with Crippen molar-refractivity contribution in [2.75, 3.05) is 37.6 Å². The summed E-state index contributed by atoms with van der Waals surface area (Å²) in [5, 5.41) is 9.17. The van der Waals surface area contributed by atoms with E-state index in [1.807, 2.05) is 0 Å². The van der Waals surface area contributed by atoms with Gasteiger partial charge in [-0.25, -0.2) is 0 Å². The number of carboxylic acids is 1. The van der Waals surface area contributed by atoms with E-state index in [2.05, 4.69) is 88.7 Å². The highest BCUT2D eigenvalue weighted by Gasteiger charge is 2.38. The van der Waals surface area contributed by atoms with Crippen LogP contribution >= 0.6 is 0 Å². The van der Waals surface area contributed by atoms with Gasteiger partial charge in [-0.3, -0.25) is 9.69 Å². The number of likely N-dealkylation sites (tertiary alicyclic amines) is 1. The van der Waals surface area contributed by atoms with Crippen LogP contribution in [0.5, 0.6) is 0 Å². The number of hydrogen-bond acceptors (Lipinski definition) is 3. The standard InChI is InChI=1S/C34H38N2O2/c37-32(38)24-35-22-19-34(20-23-35)18-7-21-36(25-34)29-16-14-28(15-17-29)33-30-12-5-4-10-27(30)11-6-13-31(33)26-8-2-1-3-9-26/h1-5,8-10,12,14-17H,6-7,11,13,18-25H2,(H,37,38). The minimum atomic E-state index is -0.715. The van der Waals surface area contributed by atoms with Crippen LogP contribution in [-0.4, -0.2) is 48.7 Å². The molecule has 0 atom stereocenters. The summed E-state index contributed by atoms with van der Waals surface area (Å²) >= 11 is 0. The van der Waals surface area contributed by atoms with Crippen LogP contribution < -0.4 is 4.90 Å². The number of hydrogen-bond donors (Lipinski definition) is 1. The van der Waals surface area contributed by atoms with Crippen molar-refractivity contribution in [3.63, 3.8) is 0 Å². The Balaban J connectivity index is 1.28. The zero-order valence-corrected chi connectivity index (χ0v) is 22.2. The lowest BCUT2D eigenvalue weighted by Crippen LogP contribution is -2.50. The molecule has 2 heterocycles. The van der Waals surface area contributed by atoms with Crippen molar-refractivity contribution in [3.8, 4) is 0 Å². The minimum Gasteiger partial charge on any atom is -0.480 e. The molecule has 0 saturated carbocycles. The van der Waals surface area contributed by atoms with Crippen molar-refractivity contribution in [3.05, 3.63) is 101 Å². The SMILES string of the molecule is O=C(O)CN1CCC2(CCCN(c3ccc(C4=C(c5ccccc5)CCCc5ccccc54)cc3)C2)CC1. The van der Waals surface area contributed by atoms with Gasteiger partial charge in [0.15, 0.2) is 0 Å². The lowest BCUT2D eigenvalue weighted by Gasteiger charge is -2.48. The predicted molar refractivity (Wildman–Crippen MR) is 155 cm³/mol. The maximum atomic E-state index is 11.1. The van der Waals surface area contributed by atoms with E-state index in [4.69, 9.17) is 0 Å². The van der Waals surface area contributed by atoms with Crippen molar-refractivity contribution >= 4 is 22.8 Å². The molecule has 1 N–H and O–H groups in total. The van der Waals surface area contributed by atoms with Gasteiger partial charge in [0, 0.05) is 18.8 Å². The fourth-order valence-corrected chi connectivity index (χ4v) is 7.04. The lowest BCUT2D eigenvalue weighted by atomic mass is 9.72. The minimum absolute atomic E-state index is 0.172. The van der Waals surface area contributed by atoms with Gasteiger partial charge >= 0.3 is 5.97 Å². The van der Waals surface area contributed by atoms with Gasteiger partial charge in [-0.15, -0.1) is 0 Å². The molecule has 3 aromatic carbocycles. The highest BCUT2D eigenvalue weighted by atomic mass is 16.4. The fourth-order valence-electron chi connectivity index (χ4n) is 7.04. The summed E-state index contributed by atoms with van der Waals surface area (Å²) < 4.78 is 0. The van der Waals surface area contributed by atoms with Crippen LogP contribution in [0.25, 0.3) is 11.1 Å². The molecule has 1 spiro atoms. The predicted octanol–water partition coefficient (Wildman–Crippen LogP) is 6.75. The zero-order chi connectivity index (χ0) is 26.0. The summed E-state index contributed by atoms with van der Waals surface area (Å²) in [7, 11) is 0. The van der Waals surface area contributed by atoms with Crippen molar-refractivity contribution in [2.24, 2.45) is 5.41 Å². The number of carboxylic acid groups (broad SMARTS) is 1. The van der Waals surface area contributed by atoms with Crippen LogP contribution in [0.2, 0.25) is 0 Å². The monoisotopic (exact) mass is 506 g/mol. The smallest absolute Gasteiger partial charge is 0.317 e. The number of anilines is 1. The number of allylic oxidation sites excluding steroid dienone is 1. The molecule has 196 valence electrons. The van der Waals surface area contributed by atoms with Gasteiger partial charge in [-0.05, 0) is 109 Å². The molecule has 38 heavy (non-hydrogen) atoms. The first kappa shape index (κ1) is 24.9. The van der Waals surface area contributed by atoms with E-state index in [1.54, 1.807) is 0 Å². The molecule has 0 radical (unpaired) electrons. The average Bonchev–Trinajstić information content (AvgIpc) is 3.15. The Morgan fingerprint density at radius 3 is 2.26 bits per heavy atom. The second-order valence-corrected chi connectivity index (χ2v) is 11.5. The summed E-state index contributed by atoms with van der Waals surface area (Å²) in [6.45, 7) is 4.14. The first-order valence-electron chi connectivity index (χ1n) is 14.3. The molecular formula is C34H38N2O2. The summed E-state index contributed by atoms with van der Waals surface area (Å²) in [6, 6.07) is 29.2. The molecule has 2 fully saturated rings. The van der Waals surface area contributed by atoms with Gasteiger partial charge in [0.05, 0.1) is 6.54 Å². The first-order valence-corrected chi connectivity index (χ1v) is 14.3. The molecule has 1 aliphatic carbocycles. The van der Waals surface area contributed by atoms with E-state index in [1.165, 1.54) is 58.3 Å². The third kappa shape index (κ3) is 5.15. The second kappa shape index (κ2) is 10.8. The van der Waals surface area contributed by atoms with Gasteiger partial charge in [0.1, 0.15) is 0 Å². The van der Waals surface area contributed by atoms with E-state index in [9.17, 15) is 9.90 Å². The van der Waals surface area contributed by atoms with Crippen LogP contribution in [0.3, 0.4) is 0 Å². The normalized spacial score (nSPS) is 19.7. The Morgan fingerprint density at radius 1 is 0.763 bits per heavy atom. The Bertz CT molecular complexity index is 1300. The summed E-state index contributed by atoms with van der Waals surface area (Å²) in [6.07, 6.45) is 8.03. The molecule has 2 saturated heterocycles. The number of nitrogens with zero attached hydrogens (tertiary/aromatic N) is 2. The molecule has 0 unspecified atom stereocenters. The molecule has 2 aliphatic heterocycles. The van der Waals surface area contributed by atoms with Crippen LogP contribution in [0.4, 0.5) is 5.69 Å². The number of fused-ring (bicyclic) bond motifs is 1. The van der Waals surface area contributed by atoms with Crippen molar-refractivity contribution in [1.29, 1.82) is 0 Å². The second-order valence-electron chi connectivity index (χ2n) is 11.5. The summed E-state index contributed by atoms with van der Waals surface area (Å²) in [5.41, 5.74) is 9.92. The molecule has 4 heteroatoms. The number of aliphatic carboxylic acids is 1. The van der Waals surface area contributed by atoms with Gasteiger partial charge in [-0.2, -0.15) is 0 Å². The molecule has 3 aliphatic rings. The molecule has 0 aromatic heterocycles. The maximum absolute atomic E-state index is 11.1. The first-order chi connectivity index (χ1) is 18.6. The van der Waals surface area contributed by atoms with E-state index < -0.39 is 5.97 Å². The lowest BCUT2D eigenvalue weighted by molar-refractivity contribution is -0.139. The van der Waals surface area contributed by atoms with E-state index in [0.29, 0.717) is 5.41 Å². The Morgan fingerprint density at radius 2 is 1.50 bits per heavy atom. The number of rotatable bonds is 5. The number of benzene rings is 3. The quantitative estimate of drug-likeness (QED) is 0.416. The zero-order valence-electron chi connectivity index (χ0n) is 22.2. The topological polar surface area (TPSA) is 43.8 Å². The van der Waals surface area contributed by atoms with E-state index >= 15 is 0 Å². The maximum Gasteiger partial charge on any atom is 0.317 e. The van der Waals surface area contributed by atoms with Crippen molar-refractivity contribution in [1.82, 2.24) is 4.90 Å². The van der Waals surface area contributed by atoms with Crippen LogP contribution in [0, 0.1) is 5.41 Å². The molecule has 0 bridgehead atoms. The summed E-state index contributed by atoms with van der Waals surface area (Å²) in [4.78, 5) is 15.8. The molecule has 6 rings (SSSR count). The Labute approximate surface area is 226 Å².